The Balaban J connectivity index is 1.38. The lowest BCUT2D eigenvalue weighted by Gasteiger charge is -2.11. The van der Waals surface area contributed by atoms with Crippen molar-refractivity contribution >= 4 is 50.9 Å². The van der Waals surface area contributed by atoms with E-state index >= 15 is 0 Å². The van der Waals surface area contributed by atoms with Gasteiger partial charge in [-0.3, -0.25) is 25.2 Å². The molecule has 0 aliphatic carbocycles. The van der Waals surface area contributed by atoms with Crippen LogP contribution in [0.3, 0.4) is 0 Å². The Labute approximate surface area is 204 Å². The predicted octanol–water partition coefficient (Wildman–Crippen LogP) is 4.71. The number of carbonyl (C=O) groups excluding carboxylic acids is 3. The predicted molar refractivity (Wildman–Crippen MR) is 131 cm³/mol. The second-order valence-electron chi connectivity index (χ2n) is 6.92. The molecule has 0 saturated heterocycles. The van der Waals surface area contributed by atoms with Gasteiger partial charge < -0.3 is 10.1 Å². The van der Waals surface area contributed by atoms with Gasteiger partial charge in [0, 0.05) is 12.8 Å². The van der Waals surface area contributed by atoms with Crippen molar-refractivity contribution in [3.63, 3.8) is 0 Å². The van der Waals surface area contributed by atoms with E-state index in [1.807, 2.05) is 42.5 Å². The zero-order chi connectivity index (χ0) is 23.6. The molecule has 0 bridgehead atoms. The van der Waals surface area contributed by atoms with Crippen LogP contribution in [0, 0.1) is 0 Å². The zero-order valence-electron chi connectivity index (χ0n) is 17.4. The third-order valence-electron chi connectivity index (χ3n) is 4.47. The molecular weight excluding hydrogens is 510 g/mol. The molecule has 0 spiro atoms. The Morgan fingerprint density at radius 2 is 1.45 bits per heavy atom. The Morgan fingerprint density at radius 3 is 2.18 bits per heavy atom. The number of para-hydroxylation sites is 1. The highest BCUT2D eigenvalue weighted by molar-refractivity contribution is 9.10. The fraction of sp³-hybridized carbons (Fsp3) is 0.125. The fourth-order valence-corrected chi connectivity index (χ4v) is 3.49. The molecule has 3 rings (SSSR count). The van der Waals surface area contributed by atoms with Gasteiger partial charge in [0.1, 0.15) is 5.75 Å². The highest BCUT2D eigenvalue weighted by Gasteiger charge is 2.11. The Hall–Kier alpha value is -3.36. The summed E-state index contributed by atoms with van der Waals surface area (Å²) in [5, 5.41) is 3.03. The normalized spacial score (nSPS) is 10.2. The number of hydrogen-bond acceptors (Lipinski definition) is 4. The molecule has 3 aromatic rings. The summed E-state index contributed by atoms with van der Waals surface area (Å²) >= 11 is 9.43. The lowest BCUT2D eigenvalue weighted by Crippen LogP contribution is -2.44. The molecule has 0 radical (unpaired) electrons. The molecule has 9 heteroatoms. The Kier molecular flexibility index (Phi) is 8.86. The Bertz CT molecular complexity index is 1140. The molecule has 0 fully saturated rings. The molecular formula is C24H21BrClN3O4. The summed E-state index contributed by atoms with van der Waals surface area (Å²) < 4.78 is 6.21. The minimum Gasteiger partial charge on any atom is -0.483 e. The molecule has 0 aromatic heterocycles. The SMILES string of the molecule is O=C(CCC(=O)Nc1ccccc1Cl)NNC(=O)COc1ccc(-c2ccccc2)cc1Br. The first-order chi connectivity index (χ1) is 15.9. The standard InChI is InChI=1S/C24H21BrClN3O4/c25-18-14-17(16-6-2-1-3-7-16)10-11-21(18)33-15-24(32)29-28-23(31)13-12-22(30)27-20-9-5-4-8-19(20)26/h1-11,14H,12-13,15H2,(H,27,30)(H,28,31)(H,29,32). The molecule has 3 amide bonds. The number of hydrogen-bond donors (Lipinski definition) is 3. The van der Waals surface area contributed by atoms with E-state index in [9.17, 15) is 14.4 Å². The van der Waals surface area contributed by atoms with Gasteiger partial charge in [-0.15, -0.1) is 0 Å². The number of carbonyl (C=O) groups is 3. The number of ether oxygens (including phenoxy) is 1. The average molecular weight is 531 g/mol. The Morgan fingerprint density at radius 1 is 0.788 bits per heavy atom. The molecule has 3 N–H and O–H groups in total. The van der Waals surface area contributed by atoms with Crippen molar-refractivity contribution in [2.75, 3.05) is 11.9 Å². The van der Waals surface area contributed by atoms with Crippen molar-refractivity contribution in [2.45, 2.75) is 12.8 Å². The summed E-state index contributed by atoms with van der Waals surface area (Å²) in [5.74, 6) is -0.918. The van der Waals surface area contributed by atoms with Crippen molar-refractivity contribution < 1.29 is 19.1 Å². The zero-order valence-corrected chi connectivity index (χ0v) is 19.8. The first kappa shape index (κ1) is 24.3. The van der Waals surface area contributed by atoms with Crippen LogP contribution in [-0.4, -0.2) is 24.3 Å². The van der Waals surface area contributed by atoms with Crippen LogP contribution in [-0.2, 0) is 14.4 Å². The summed E-state index contributed by atoms with van der Waals surface area (Å²) in [6, 6.07) is 22.2. The maximum atomic E-state index is 12.0. The molecule has 170 valence electrons. The number of nitrogens with one attached hydrogen (secondary N) is 3. The van der Waals surface area contributed by atoms with Gasteiger partial charge >= 0.3 is 0 Å². The molecule has 0 aliphatic heterocycles. The molecule has 7 nitrogen and oxygen atoms in total. The van der Waals surface area contributed by atoms with E-state index in [0.29, 0.717) is 20.9 Å². The number of hydrazine groups is 1. The lowest BCUT2D eigenvalue weighted by atomic mass is 10.1. The van der Waals surface area contributed by atoms with Crippen molar-refractivity contribution in [1.29, 1.82) is 0 Å². The number of amides is 3. The van der Waals surface area contributed by atoms with Crippen LogP contribution in [0.2, 0.25) is 5.02 Å². The quantitative estimate of drug-likeness (QED) is 0.367. The fourth-order valence-electron chi connectivity index (χ4n) is 2.81. The van der Waals surface area contributed by atoms with Gasteiger partial charge in [0.25, 0.3) is 5.91 Å². The van der Waals surface area contributed by atoms with Crippen molar-refractivity contribution in [3.8, 4) is 16.9 Å². The summed E-state index contributed by atoms with van der Waals surface area (Å²) in [6.07, 6.45) is -0.173. The highest BCUT2D eigenvalue weighted by Crippen LogP contribution is 2.30. The van der Waals surface area contributed by atoms with Gasteiger partial charge in [0.15, 0.2) is 6.61 Å². The molecule has 33 heavy (non-hydrogen) atoms. The van der Waals surface area contributed by atoms with E-state index in [4.69, 9.17) is 16.3 Å². The smallest absolute Gasteiger partial charge is 0.276 e. The first-order valence-corrected chi connectivity index (χ1v) is 11.2. The molecule has 0 unspecified atom stereocenters. The van der Waals surface area contributed by atoms with Crippen LogP contribution in [0.1, 0.15) is 12.8 Å². The van der Waals surface area contributed by atoms with E-state index in [1.54, 1.807) is 30.3 Å². The van der Waals surface area contributed by atoms with Crippen LogP contribution in [0.15, 0.2) is 77.3 Å². The third-order valence-corrected chi connectivity index (χ3v) is 5.42. The van der Waals surface area contributed by atoms with Gasteiger partial charge in [0.2, 0.25) is 11.8 Å². The third kappa shape index (κ3) is 7.62. The van der Waals surface area contributed by atoms with E-state index in [0.717, 1.165) is 11.1 Å². The second-order valence-corrected chi connectivity index (χ2v) is 8.19. The molecule has 0 saturated carbocycles. The van der Waals surface area contributed by atoms with Gasteiger partial charge in [-0.05, 0) is 51.3 Å². The van der Waals surface area contributed by atoms with Crippen molar-refractivity contribution in [2.24, 2.45) is 0 Å². The maximum absolute atomic E-state index is 12.0. The molecule has 0 heterocycles. The van der Waals surface area contributed by atoms with E-state index in [-0.39, 0.29) is 25.4 Å². The van der Waals surface area contributed by atoms with Crippen LogP contribution in [0.5, 0.6) is 5.75 Å². The molecule has 0 atom stereocenters. The maximum Gasteiger partial charge on any atom is 0.276 e. The van der Waals surface area contributed by atoms with Crippen LogP contribution < -0.4 is 20.9 Å². The average Bonchev–Trinajstić information content (AvgIpc) is 2.82. The second kappa shape index (κ2) is 12.0. The molecule has 3 aromatic carbocycles. The number of anilines is 1. The summed E-state index contributed by atoms with van der Waals surface area (Å²) in [5.41, 5.74) is 7.05. The van der Waals surface area contributed by atoms with Crippen molar-refractivity contribution in [3.05, 3.63) is 82.3 Å². The minimum atomic E-state index is -0.539. The topological polar surface area (TPSA) is 96.5 Å². The summed E-state index contributed by atoms with van der Waals surface area (Å²) in [6.45, 7) is -0.295. The summed E-state index contributed by atoms with van der Waals surface area (Å²) in [4.78, 5) is 35.8. The number of halogens is 2. The molecule has 0 aliphatic rings. The highest BCUT2D eigenvalue weighted by atomic mass is 79.9. The van der Waals surface area contributed by atoms with Gasteiger partial charge in [-0.1, -0.05) is 60.1 Å². The van der Waals surface area contributed by atoms with Crippen LogP contribution >= 0.6 is 27.5 Å². The van der Waals surface area contributed by atoms with Crippen molar-refractivity contribution in [1.82, 2.24) is 10.9 Å². The van der Waals surface area contributed by atoms with E-state index in [2.05, 4.69) is 32.1 Å². The van der Waals surface area contributed by atoms with E-state index in [1.165, 1.54) is 0 Å². The number of benzene rings is 3. The largest absolute Gasteiger partial charge is 0.483 e. The van der Waals surface area contributed by atoms with Gasteiger partial charge in [-0.2, -0.15) is 0 Å². The minimum absolute atomic E-state index is 0.0653. The van der Waals surface area contributed by atoms with Crippen LogP contribution in [0.4, 0.5) is 5.69 Å². The number of rotatable bonds is 8. The summed E-state index contributed by atoms with van der Waals surface area (Å²) in [7, 11) is 0. The van der Waals surface area contributed by atoms with Gasteiger partial charge in [-0.25, -0.2) is 0 Å². The monoisotopic (exact) mass is 529 g/mol. The van der Waals surface area contributed by atoms with Gasteiger partial charge in [0.05, 0.1) is 15.2 Å². The van der Waals surface area contributed by atoms with E-state index < -0.39 is 11.8 Å². The first-order valence-electron chi connectivity index (χ1n) is 10.0. The van der Waals surface area contributed by atoms with Crippen LogP contribution in [0.25, 0.3) is 11.1 Å². The lowest BCUT2D eigenvalue weighted by molar-refractivity contribution is -0.130.